The van der Waals surface area contributed by atoms with E-state index in [1.165, 1.54) is 38.9 Å². The van der Waals surface area contributed by atoms with Gasteiger partial charge in [-0.05, 0) is 51.3 Å². The van der Waals surface area contributed by atoms with Crippen LogP contribution in [0.4, 0.5) is 0 Å². The summed E-state index contributed by atoms with van der Waals surface area (Å²) in [5.74, 6) is 0. The molecule has 0 spiro atoms. The molecule has 2 nitrogen and oxygen atoms in total. The second kappa shape index (κ2) is 10.2. The van der Waals surface area contributed by atoms with Crippen LogP contribution in [0, 0.1) is 12.1 Å². The first-order chi connectivity index (χ1) is 18.8. The van der Waals surface area contributed by atoms with Crippen LogP contribution in [0.5, 0.6) is 0 Å². The number of aromatic nitrogens is 2. The number of fused-ring (bicyclic) bond motifs is 8. The van der Waals surface area contributed by atoms with Gasteiger partial charge in [-0.2, -0.15) is 0 Å². The van der Waals surface area contributed by atoms with E-state index in [4.69, 9.17) is 4.98 Å². The van der Waals surface area contributed by atoms with Crippen LogP contribution in [-0.4, -0.2) is 9.97 Å². The molecule has 0 saturated carbocycles. The maximum absolute atomic E-state index is 4.79. The Hall–Kier alpha value is -4.17. The Morgan fingerprint density at radius 1 is 0.564 bits per heavy atom. The molecule has 0 aliphatic heterocycles. The van der Waals surface area contributed by atoms with Crippen LogP contribution >= 0.6 is 0 Å². The maximum Gasteiger partial charge on any atom is 0.0161 e. The molecule has 4 aromatic carbocycles. The van der Waals surface area contributed by atoms with Crippen LogP contribution in [0.15, 0.2) is 128 Å². The van der Waals surface area contributed by atoms with Crippen molar-refractivity contribution in [2.75, 3.05) is 0 Å². The second-order valence-electron chi connectivity index (χ2n) is 9.75. The summed E-state index contributed by atoms with van der Waals surface area (Å²) >= 11 is 0. The molecule has 0 N–H and O–H groups in total. The van der Waals surface area contributed by atoms with E-state index in [0.717, 1.165) is 22.5 Å². The van der Waals surface area contributed by atoms with Crippen molar-refractivity contribution in [3.8, 4) is 44.8 Å². The third kappa shape index (κ3) is 3.98. The molecule has 6 aromatic rings. The van der Waals surface area contributed by atoms with Crippen molar-refractivity contribution in [1.29, 1.82) is 0 Å². The Morgan fingerprint density at radius 3 is 1.95 bits per heavy atom. The molecule has 2 aromatic heterocycles. The molecule has 1 unspecified atom stereocenters. The molecule has 1 atom stereocenters. The standard InChI is InChI=1S/C25H16N.C11H8N.Ir/c1-25-21-13-4-2-8-16(21)18-10-6-11-20(23(18)25)24-19(12-7-15-26-24)17-9-3-5-14-22(17)25;1-2-6-10(7-3-1)11-8-4-5-9-12-11;/h2-10,12-15H,1H3;1-6,8-9H;/q2*-1;. The summed E-state index contributed by atoms with van der Waals surface area (Å²) in [5.41, 5.74) is 13.1. The van der Waals surface area contributed by atoms with Crippen LogP contribution in [0.25, 0.3) is 44.8 Å². The van der Waals surface area contributed by atoms with Crippen molar-refractivity contribution in [2.24, 2.45) is 0 Å². The SMILES string of the molecule is CC12c3ccccc3-c3cccnc3-c3[c-]ccc(c31)-c1ccccc12.[Ir].[c-]1ccccc1-c1ccccn1. The van der Waals surface area contributed by atoms with Crippen LogP contribution in [0.3, 0.4) is 0 Å². The van der Waals surface area contributed by atoms with Crippen molar-refractivity contribution in [3.63, 3.8) is 0 Å². The Labute approximate surface area is 242 Å². The molecule has 189 valence electrons. The zero-order chi connectivity index (χ0) is 25.5. The van der Waals surface area contributed by atoms with Gasteiger partial charge in [0.2, 0.25) is 0 Å². The van der Waals surface area contributed by atoms with Gasteiger partial charge in [-0.1, -0.05) is 79.2 Å². The van der Waals surface area contributed by atoms with Gasteiger partial charge in [0.15, 0.2) is 0 Å². The quantitative estimate of drug-likeness (QED) is 0.164. The third-order valence-corrected chi connectivity index (χ3v) is 7.70. The van der Waals surface area contributed by atoms with E-state index in [1.807, 2.05) is 60.8 Å². The first-order valence-corrected chi connectivity index (χ1v) is 12.9. The van der Waals surface area contributed by atoms with Gasteiger partial charge in [0.05, 0.1) is 0 Å². The fourth-order valence-electron chi connectivity index (χ4n) is 6.05. The molecule has 0 fully saturated rings. The van der Waals surface area contributed by atoms with Crippen molar-refractivity contribution in [1.82, 2.24) is 9.97 Å². The molecule has 2 aliphatic rings. The summed E-state index contributed by atoms with van der Waals surface area (Å²) in [5, 5.41) is 0. The van der Waals surface area contributed by atoms with Gasteiger partial charge in [-0.15, -0.1) is 65.2 Å². The average Bonchev–Trinajstić information content (AvgIpc) is 3.22. The maximum atomic E-state index is 4.79. The summed E-state index contributed by atoms with van der Waals surface area (Å²) < 4.78 is 0. The van der Waals surface area contributed by atoms with E-state index < -0.39 is 0 Å². The number of pyridine rings is 2. The Kier molecular flexibility index (Phi) is 6.56. The molecule has 1 radical (unpaired) electrons. The molecular formula is C36H24IrN2-2. The molecule has 0 bridgehead atoms. The Bertz CT molecular complexity index is 1740. The van der Waals surface area contributed by atoms with Crippen molar-refractivity contribution < 1.29 is 20.1 Å². The van der Waals surface area contributed by atoms with Crippen molar-refractivity contribution in [2.45, 2.75) is 12.3 Å². The third-order valence-electron chi connectivity index (χ3n) is 7.70. The van der Waals surface area contributed by atoms with Gasteiger partial charge in [-0.3, -0.25) is 0 Å². The predicted molar refractivity (Wildman–Crippen MR) is 153 cm³/mol. The van der Waals surface area contributed by atoms with Gasteiger partial charge in [-0.25, -0.2) is 0 Å². The molecular weight excluding hydrogens is 653 g/mol. The topological polar surface area (TPSA) is 25.8 Å². The normalized spacial score (nSPS) is 15.2. The monoisotopic (exact) mass is 677 g/mol. The average molecular weight is 677 g/mol. The zero-order valence-corrected chi connectivity index (χ0v) is 23.7. The molecule has 0 amide bonds. The van der Waals surface area contributed by atoms with Gasteiger partial charge in [0, 0.05) is 37.9 Å². The minimum absolute atomic E-state index is 0. The van der Waals surface area contributed by atoms with Crippen molar-refractivity contribution in [3.05, 3.63) is 156 Å². The van der Waals surface area contributed by atoms with E-state index >= 15 is 0 Å². The minimum Gasteiger partial charge on any atom is -0.305 e. The molecule has 0 saturated heterocycles. The van der Waals surface area contributed by atoms with E-state index in [0.29, 0.717) is 0 Å². The number of hydrogen-bond donors (Lipinski definition) is 0. The van der Waals surface area contributed by atoms with Crippen LogP contribution in [0.2, 0.25) is 0 Å². The molecule has 2 heterocycles. The second-order valence-corrected chi connectivity index (χ2v) is 9.75. The van der Waals surface area contributed by atoms with Crippen LogP contribution < -0.4 is 0 Å². The molecule has 8 rings (SSSR count). The van der Waals surface area contributed by atoms with Gasteiger partial charge in [0.25, 0.3) is 0 Å². The summed E-state index contributed by atoms with van der Waals surface area (Å²) in [6.07, 6.45) is 3.68. The smallest absolute Gasteiger partial charge is 0.0161 e. The van der Waals surface area contributed by atoms with E-state index in [9.17, 15) is 0 Å². The summed E-state index contributed by atoms with van der Waals surface area (Å²) in [7, 11) is 0. The van der Waals surface area contributed by atoms with E-state index in [1.54, 1.807) is 6.20 Å². The van der Waals surface area contributed by atoms with E-state index in [2.05, 4.69) is 84.7 Å². The Balaban J connectivity index is 0.000000180. The van der Waals surface area contributed by atoms with E-state index in [-0.39, 0.29) is 25.5 Å². The fourth-order valence-corrected chi connectivity index (χ4v) is 6.05. The molecule has 3 heteroatoms. The minimum atomic E-state index is -0.198. The largest absolute Gasteiger partial charge is 0.305 e. The number of benzene rings is 4. The van der Waals surface area contributed by atoms with Gasteiger partial charge in [0.1, 0.15) is 0 Å². The number of rotatable bonds is 1. The summed E-state index contributed by atoms with van der Waals surface area (Å²) in [6, 6.07) is 46.4. The Morgan fingerprint density at radius 2 is 1.23 bits per heavy atom. The zero-order valence-electron chi connectivity index (χ0n) is 21.4. The first kappa shape index (κ1) is 25.1. The fraction of sp³-hybridized carbons (Fsp3) is 0.0556. The predicted octanol–water partition coefficient (Wildman–Crippen LogP) is 8.41. The van der Waals surface area contributed by atoms with Crippen LogP contribution in [-0.2, 0) is 25.5 Å². The van der Waals surface area contributed by atoms with Crippen LogP contribution in [0.1, 0.15) is 23.6 Å². The molecule has 39 heavy (non-hydrogen) atoms. The molecule has 2 aliphatic carbocycles. The van der Waals surface area contributed by atoms with Crippen molar-refractivity contribution >= 4 is 0 Å². The first-order valence-electron chi connectivity index (χ1n) is 12.9. The number of hydrogen-bond acceptors (Lipinski definition) is 2. The number of nitrogens with zero attached hydrogens (tertiary/aromatic N) is 2. The summed E-state index contributed by atoms with van der Waals surface area (Å²) in [6.45, 7) is 2.36. The van der Waals surface area contributed by atoms with Gasteiger partial charge >= 0.3 is 0 Å². The van der Waals surface area contributed by atoms with Gasteiger partial charge < -0.3 is 9.97 Å². The summed E-state index contributed by atoms with van der Waals surface area (Å²) in [4.78, 5) is 9.00.